The average Bonchev–Trinajstić information content (AvgIpc) is 2.73. The molecule has 2 aliphatic rings. The number of nitrogens with two attached hydrogens (primary N) is 1. The number of imide groups is 3. The highest BCUT2D eigenvalue weighted by Gasteiger charge is 2.41. The van der Waals surface area contributed by atoms with E-state index in [9.17, 15) is 14.4 Å². The fraction of sp³-hybridized carbons (Fsp3) is 0.357. The molecule has 6 nitrogen and oxygen atoms in total. The maximum Gasteiger partial charge on any atom is 0.270 e. The molecule has 0 saturated carbocycles. The minimum atomic E-state index is -0.610. The van der Waals surface area contributed by atoms with Gasteiger partial charge in [-0.3, -0.25) is 14.4 Å². The van der Waals surface area contributed by atoms with E-state index < -0.39 is 17.7 Å². The van der Waals surface area contributed by atoms with Gasteiger partial charge in [0, 0.05) is 36.2 Å². The summed E-state index contributed by atoms with van der Waals surface area (Å²) in [7, 11) is 0. The van der Waals surface area contributed by atoms with Crippen molar-refractivity contribution < 1.29 is 14.4 Å². The Kier molecular flexibility index (Phi) is 3.69. The normalized spacial score (nSPS) is 21.5. The van der Waals surface area contributed by atoms with Crippen LogP contribution < -0.4 is 11.1 Å². The van der Waals surface area contributed by atoms with E-state index in [1.165, 1.54) is 6.07 Å². The van der Waals surface area contributed by atoms with Gasteiger partial charge < -0.3 is 11.1 Å². The van der Waals surface area contributed by atoms with Crippen LogP contribution in [0, 0.1) is 0 Å². The Morgan fingerprint density at radius 3 is 2.86 bits per heavy atom. The molecule has 0 spiro atoms. The lowest BCUT2D eigenvalue weighted by molar-refractivity contribution is -0.126. The molecule has 3 N–H and O–H groups in total. The smallest absolute Gasteiger partial charge is 0.270 e. The molecule has 1 atom stereocenters. The van der Waals surface area contributed by atoms with Gasteiger partial charge in [0.25, 0.3) is 11.8 Å². The van der Waals surface area contributed by atoms with Crippen molar-refractivity contribution in [3.8, 4) is 0 Å². The van der Waals surface area contributed by atoms with Crippen LogP contribution in [0.4, 0.5) is 5.69 Å². The minimum absolute atomic E-state index is 0.00194. The highest BCUT2D eigenvalue weighted by atomic mass is 32.2. The maximum atomic E-state index is 12.3. The molecule has 110 valence electrons. The summed E-state index contributed by atoms with van der Waals surface area (Å²) in [6, 6.07) is 4.68. The number of amides is 3. The summed E-state index contributed by atoms with van der Waals surface area (Å²) in [5.74, 6) is 0.156. The van der Waals surface area contributed by atoms with Crippen LogP contribution in [0.1, 0.15) is 27.1 Å². The Morgan fingerprint density at radius 2 is 2.19 bits per heavy atom. The lowest BCUT2D eigenvalue weighted by Gasteiger charge is -2.23. The second kappa shape index (κ2) is 5.50. The van der Waals surface area contributed by atoms with Crippen molar-refractivity contribution in [2.75, 3.05) is 23.8 Å². The first kappa shape index (κ1) is 14.1. The van der Waals surface area contributed by atoms with Gasteiger partial charge in [-0.25, -0.2) is 4.90 Å². The van der Waals surface area contributed by atoms with Crippen molar-refractivity contribution in [1.29, 1.82) is 0 Å². The number of rotatable bonds is 2. The topological polar surface area (TPSA) is 92.5 Å². The van der Waals surface area contributed by atoms with Crippen LogP contribution in [0.5, 0.6) is 0 Å². The van der Waals surface area contributed by atoms with Crippen LogP contribution in [-0.4, -0.2) is 46.7 Å². The molecule has 3 rings (SSSR count). The molecule has 0 radical (unpaired) electrons. The van der Waals surface area contributed by atoms with Crippen LogP contribution in [0.3, 0.4) is 0 Å². The monoisotopic (exact) mass is 305 g/mol. The molecule has 1 aromatic rings. The predicted molar refractivity (Wildman–Crippen MR) is 80.1 cm³/mol. The Morgan fingerprint density at radius 1 is 1.38 bits per heavy atom. The zero-order valence-electron chi connectivity index (χ0n) is 11.3. The van der Waals surface area contributed by atoms with Gasteiger partial charge in [0.05, 0.1) is 11.1 Å². The predicted octanol–water partition coefficient (Wildman–Crippen LogP) is 0.486. The molecule has 1 unspecified atom stereocenters. The third-order valence-electron chi connectivity index (χ3n) is 3.62. The summed E-state index contributed by atoms with van der Waals surface area (Å²) in [5.41, 5.74) is 6.32. The van der Waals surface area contributed by atoms with Crippen molar-refractivity contribution in [1.82, 2.24) is 10.2 Å². The average molecular weight is 305 g/mol. The number of fused-ring (bicyclic) bond motifs is 1. The first-order valence-electron chi connectivity index (χ1n) is 6.71. The molecular weight excluding hydrogens is 290 g/mol. The van der Waals surface area contributed by atoms with Crippen LogP contribution in [-0.2, 0) is 4.79 Å². The van der Waals surface area contributed by atoms with Gasteiger partial charge in [-0.05, 0) is 12.1 Å². The first-order chi connectivity index (χ1) is 10.1. The number of anilines is 1. The van der Waals surface area contributed by atoms with Crippen LogP contribution >= 0.6 is 11.8 Å². The van der Waals surface area contributed by atoms with E-state index in [4.69, 9.17) is 5.73 Å². The highest BCUT2D eigenvalue weighted by Crippen LogP contribution is 2.28. The van der Waals surface area contributed by atoms with E-state index in [0.29, 0.717) is 0 Å². The van der Waals surface area contributed by atoms with Crippen molar-refractivity contribution in [3.05, 3.63) is 29.3 Å². The van der Waals surface area contributed by atoms with Gasteiger partial charge in [-0.2, -0.15) is 11.8 Å². The van der Waals surface area contributed by atoms with Crippen LogP contribution in [0.2, 0.25) is 0 Å². The van der Waals surface area contributed by atoms with E-state index >= 15 is 0 Å². The zero-order chi connectivity index (χ0) is 15.0. The van der Waals surface area contributed by atoms with Gasteiger partial charge in [0.1, 0.15) is 0 Å². The highest BCUT2D eigenvalue weighted by molar-refractivity contribution is 7.99. The van der Waals surface area contributed by atoms with E-state index in [1.807, 2.05) is 0 Å². The van der Waals surface area contributed by atoms with Gasteiger partial charge in [-0.15, -0.1) is 0 Å². The van der Waals surface area contributed by atoms with Crippen molar-refractivity contribution in [2.45, 2.75) is 12.5 Å². The molecule has 3 amide bonds. The van der Waals surface area contributed by atoms with E-state index in [2.05, 4.69) is 5.32 Å². The quantitative estimate of drug-likeness (QED) is 0.610. The van der Waals surface area contributed by atoms with Gasteiger partial charge in [-0.1, -0.05) is 6.07 Å². The molecule has 0 aromatic heterocycles. The molecule has 0 bridgehead atoms. The zero-order valence-corrected chi connectivity index (χ0v) is 12.1. The molecule has 1 aromatic carbocycles. The van der Waals surface area contributed by atoms with Gasteiger partial charge in [0.15, 0.2) is 0 Å². The molecule has 0 aliphatic carbocycles. The number of hydrogen-bond acceptors (Lipinski definition) is 6. The van der Waals surface area contributed by atoms with E-state index in [1.54, 1.807) is 23.9 Å². The fourth-order valence-electron chi connectivity index (χ4n) is 2.59. The number of benzene rings is 1. The second-order valence-corrected chi connectivity index (χ2v) is 6.19. The van der Waals surface area contributed by atoms with E-state index in [-0.39, 0.29) is 29.3 Å². The number of nitrogens with one attached hydrogen (secondary N) is 1. The molecule has 1 fully saturated rings. The summed E-state index contributed by atoms with van der Waals surface area (Å²) in [6.45, 7) is 0.831. The third kappa shape index (κ3) is 2.43. The number of nitrogens with zero attached hydrogens (tertiary/aromatic N) is 1. The standard InChI is InChI=1S/C14H15N3O3S/c15-10-3-1-2-9-12(10)14(20)17(13(9)19)11(18)6-8-7-21-5-4-16-8/h1-3,8,16H,4-7,15H2. The number of nitrogen functional groups attached to an aromatic ring is 1. The minimum Gasteiger partial charge on any atom is -0.398 e. The van der Waals surface area contributed by atoms with Crippen molar-refractivity contribution >= 4 is 35.2 Å². The Labute approximate surface area is 126 Å². The summed E-state index contributed by atoms with van der Waals surface area (Å²) >= 11 is 1.76. The lowest BCUT2D eigenvalue weighted by Crippen LogP contribution is -2.44. The number of thioether (sulfide) groups is 1. The Balaban J connectivity index is 1.81. The van der Waals surface area contributed by atoms with Crippen LogP contribution in [0.25, 0.3) is 0 Å². The Bertz CT molecular complexity index is 626. The molecule has 21 heavy (non-hydrogen) atoms. The van der Waals surface area contributed by atoms with Gasteiger partial charge >= 0.3 is 0 Å². The van der Waals surface area contributed by atoms with Gasteiger partial charge in [0.2, 0.25) is 5.91 Å². The summed E-state index contributed by atoms with van der Waals surface area (Å²) in [6.07, 6.45) is 0.137. The largest absolute Gasteiger partial charge is 0.398 e. The number of carbonyl (C=O) groups is 3. The second-order valence-electron chi connectivity index (χ2n) is 5.04. The molecule has 2 heterocycles. The molecular formula is C14H15N3O3S. The fourth-order valence-corrected chi connectivity index (χ4v) is 3.54. The summed E-state index contributed by atoms with van der Waals surface area (Å²) in [4.78, 5) is 37.6. The van der Waals surface area contributed by atoms with Crippen molar-refractivity contribution in [3.63, 3.8) is 0 Å². The summed E-state index contributed by atoms with van der Waals surface area (Å²) < 4.78 is 0. The van der Waals surface area contributed by atoms with Crippen molar-refractivity contribution in [2.24, 2.45) is 0 Å². The Hall–Kier alpha value is -1.86. The molecule has 2 aliphatic heterocycles. The lowest BCUT2D eigenvalue weighted by atomic mass is 10.1. The van der Waals surface area contributed by atoms with E-state index in [0.717, 1.165) is 23.0 Å². The van der Waals surface area contributed by atoms with Crippen LogP contribution in [0.15, 0.2) is 18.2 Å². The third-order valence-corrected chi connectivity index (χ3v) is 4.75. The number of hydrogen-bond donors (Lipinski definition) is 2. The number of carbonyl (C=O) groups excluding carboxylic acids is 3. The maximum absolute atomic E-state index is 12.3. The molecule has 1 saturated heterocycles. The first-order valence-corrected chi connectivity index (χ1v) is 7.86. The summed E-state index contributed by atoms with van der Waals surface area (Å²) in [5, 5.41) is 3.22. The SMILES string of the molecule is Nc1cccc2c1C(=O)N(C(=O)CC1CSCCN1)C2=O. The molecule has 7 heteroatoms.